The van der Waals surface area contributed by atoms with Crippen molar-refractivity contribution in [1.29, 1.82) is 0 Å². The zero-order valence-corrected chi connectivity index (χ0v) is 14.2. The van der Waals surface area contributed by atoms with E-state index in [1.54, 1.807) is 0 Å². The van der Waals surface area contributed by atoms with Crippen LogP contribution in [0.15, 0.2) is 0 Å². The third-order valence-corrected chi connectivity index (χ3v) is 4.20. The lowest BCUT2D eigenvalue weighted by Gasteiger charge is -2.40. The van der Waals surface area contributed by atoms with Gasteiger partial charge < -0.3 is 9.47 Å². The van der Waals surface area contributed by atoms with Crippen LogP contribution in [0.2, 0.25) is 0 Å². The average Bonchev–Trinajstić information content (AvgIpc) is 2.45. The molecule has 124 valence electrons. The molecule has 4 nitrogen and oxygen atoms in total. The zero-order chi connectivity index (χ0) is 15.7. The van der Waals surface area contributed by atoms with Gasteiger partial charge in [0.25, 0.3) is 0 Å². The first-order valence-corrected chi connectivity index (χ1v) is 8.51. The summed E-state index contributed by atoms with van der Waals surface area (Å²) in [5.74, 6) is -0.143. The number of rotatable bonds is 9. The fraction of sp³-hybridized carbons (Fsp3) is 0.941. The van der Waals surface area contributed by atoms with Crippen LogP contribution in [0, 0.1) is 0 Å². The number of hydrogen-bond donors (Lipinski definition) is 1. The van der Waals surface area contributed by atoms with Crippen molar-refractivity contribution in [3.63, 3.8) is 0 Å². The first-order valence-electron chi connectivity index (χ1n) is 8.51. The summed E-state index contributed by atoms with van der Waals surface area (Å²) in [6, 6.07) is 0.257. The number of nitrogens with one attached hydrogen (secondary N) is 1. The van der Waals surface area contributed by atoms with E-state index in [2.05, 4.69) is 26.1 Å². The molecule has 0 saturated heterocycles. The smallest absolute Gasteiger partial charge is 0.326 e. The van der Waals surface area contributed by atoms with Gasteiger partial charge in [-0.05, 0) is 39.5 Å². The molecule has 4 heteroatoms. The van der Waals surface area contributed by atoms with Crippen LogP contribution in [0.3, 0.4) is 0 Å². The van der Waals surface area contributed by atoms with Crippen molar-refractivity contribution < 1.29 is 14.3 Å². The van der Waals surface area contributed by atoms with E-state index in [0.717, 1.165) is 38.7 Å². The Kier molecular flexibility index (Phi) is 8.27. The molecule has 2 unspecified atom stereocenters. The fourth-order valence-corrected chi connectivity index (χ4v) is 3.27. The average molecular weight is 299 g/mol. The number of ether oxygens (including phenoxy) is 2. The molecule has 1 rings (SSSR count). The highest BCUT2D eigenvalue weighted by molar-refractivity contribution is 5.81. The monoisotopic (exact) mass is 299 g/mol. The van der Waals surface area contributed by atoms with Crippen LogP contribution in [0.25, 0.3) is 0 Å². The summed E-state index contributed by atoms with van der Waals surface area (Å²) in [5, 5.41) is 3.43. The summed E-state index contributed by atoms with van der Waals surface area (Å²) in [5.41, 5.74) is -0.560. The second-order valence-electron chi connectivity index (χ2n) is 6.52. The summed E-state index contributed by atoms with van der Waals surface area (Å²) >= 11 is 0. The number of methoxy groups -OCH3 is 1. The van der Waals surface area contributed by atoms with Crippen LogP contribution < -0.4 is 5.32 Å². The van der Waals surface area contributed by atoms with Crippen LogP contribution >= 0.6 is 0 Å². The van der Waals surface area contributed by atoms with Gasteiger partial charge in [0, 0.05) is 19.1 Å². The number of carbonyl (C=O) groups is 1. The van der Waals surface area contributed by atoms with E-state index in [4.69, 9.17) is 9.47 Å². The lowest BCUT2D eigenvalue weighted by Crippen LogP contribution is -2.58. The Bertz CT molecular complexity index is 306. The Morgan fingerprint density at radius 3 is 2.71 bits per heavy atom. The second-order valence-corrected chi connectivity index (χ2v) is 6.52. The highest BCUT2D eigenvalue weighted by atomic mass is 16.5. The molecule has 0 bridgehead atoms. The molecule has 0 radical (unpaired) electrons. The second kappa shape index (κ2) is 9.42. The molecular formula is C17H33NO3. The third kappa shape index (κ3) is 5.95. The van der Waals surface area contributed by atoms with E-state index >= 15 is 0 Å². The summed E-state index contributed by atoms with van der Waals surface area (Å²) in [4.78, 5) is 12.2. The molecule has 1 aliphatic carbocycles. The molecule has 0 aromatic carbocycles. The minimum Gasteiger partial charge on any atom is -0.468 e. The molecule has 1 aliphatic rings. The predicted molar refractivity (Wildman–Crippen MR) is 85.4 cm³/mol. The van der Waals surface area contributed by atoms with Crippen LogP contribution in [0.4, 0.5) is 0 Å². The van der Waals surface area contributed by atoms with Crippen molar-refractivity contribution in [3.8, 4) is 0 Å². The maximum Gasteiger partial charge on any atom is 0.326 e. The number of esters is 1. The van der Waals surface area contributed by atoms with Crippen LogP contribution in [0.5, 0.6) is 0 Å². The molecule has 2 atom stereocenters. The van der Waals surface area contributed by atoms with Gasteiger partial charge >= 0.3 is 5.97 Å². The maximum absolute atomic E-state index is 12.2. The molecule has 21 heavy (non-hydrogen) atoms. The standard InChI is InChI=1S/C17H33NO3/c1-5-6-7-8-12-21-15-10-9-11-17(13-15,16(19)20-4)18-14(2)3/h14-15,18H,5-13H2,1-4H3. The molecule has 1 saturated carbocycles. The van der Waals surface area contributed by atoms with Gasteiger partial charge in [-0.3, -0.25) is 10.1 Å². The Morgan fingerprint density at radius 1 is 1.33 bits per heavy atom. The molecule has 0 aromatic heterocycles. The van der Waals surface area contributed by atoms with E-state index in [9.17, 15) is 4.79 Å². The lowest BCUT2D eigenvalue weighted by atomic mass is 9.79. The molecule has 0 amide bonds. The molecule has 0 heterocycles. The van der Waals surface area contributed by atoms with Crippen molar-refractivity contribution in [2.45, 2.75) is 89.8 Å². The van der Waals surface area contributed by atoms with Crippen molar-refractivity contribution in [3.05, 3.63) is 0 Å². The summed E-state index contributed by atoms with van der Waals surface area (Å²) in [6.07, 6.45) is 8.66. The van der Waals surface area contributed by atoms with Crippen LogP contribution in [-0.4, -0.2) is 37.4 Å². The van der Waals surface area contributed by atoms with Crippen molar-refractivity contribution in [1.82, 2.24) is 5.32 Å². The van der Waals surface area contributed by atoms with Gasteiger partial charge in [-0.1, -0.05) is 26.2 Å². The molecule has 0 aliphatic heterocycles. The predicted octanol–water partition coefficient (Wildman–Crippen LogP) is 3.44. The number of hydrogen-bond acceptors (Lipinski definition) is 4. The Labute approximate surface area is 130 Å². The van der Waals surface area contributed by atoms with Gasteiger partial charge in [0.1, 0.15) is 5.54 Å². The minimum atomic E-state index is -0.560. The van der Waals surface area contributed by atoms with Gasteiger partial charge in [0.15, 0.2) is 0 Å². The van der Waals surface area contributed by atoms with Crippen molar-refractivity contribution in [2.75, 3.05) is 13.7 Å². The van der Waals surface area contributed by atoms with E-state index in [1.165, 1.54) is 26.4 Å². The van der Waals surface area contributed by atoms with E-state index in [-0.39, 0.29) is 18.1 Å². The summed E-state index contributed by atoms with van der Waals surface area (Å²) in [6.45, 7) is 7.16. The van der Waals surface area contributed by atoms with Crippen molar-refractivity contribution in [2.24, 2.45) is 0 Å². The minimum absolute atomic E-state index is 0.143. The van der Waals surface area contributed by atoms with Gasteiger partial charge in [-0.2, -0.15) is 0 Å². The SMILES string of the molecule is CCCCCCOC1CCCC(NC(C)C)(C(=O)OC)C1. The molecule has 0 aromatic rings. The first-order chi connectivity index (χ1) is 10.0. The van der Waals surface area contributed by atoms with Crippen molar-refractivity contribution >= 4 is 5.97 Å². The van der Waals surface area contributed by atoms with E-state index in [1.807, 2.05) is 0 Å². The molecule has 0 spiro atoms. The third-order valence-electron chi connectivity index (χ3n) is 4.20. The number of carbonyl (C=O) groups excluding carboxylic acids is 1. The van der Waals surface area contributed by atoms with Gasteiger partial charge in [-0.15, -0.1) is 0 Å². The van der Waals surface area contributed by atoms with Crippen LogP contribution in [0.1, 0.15) is 72.1 Å². The van der Waals surface area contributed by atoms with Crippen LogP contribution in [-0.2, 0) is 14.3 Å². The Hall–Kier alpha value is -0.610. The zero-order valence-electron chi connectivity index (χ0n) is 14.2. The van der Waals surface area contributed by atoms with E-state index in [0.29, 0.717) is 0 Å². The first kappa shape index (κ1) is 18.4. The Morgan fingerprint density at radius 2 is 2.10 bits per heavy atom. The van der Waals surface area contributed by atoms with Gasteiger partial charge in [0.2, 0.25) is 0 Å². The fourth-order valence-electron chi connectivity index (χ4n) is 3.27. The highest BCUT2D eigenvalue weighted by Crippen LogP contribution is 2.32. The van der Waals surface area contributed by atoms with E-state index < -0.39 is 5.54 Å². The number of unbranched alkanes of at least 4 members (excludes halogenated alkanes) is 3. The Balaban J connectivity index is 2.51. The lowest BCUT2D eigenvalue weighted by molar-refractivity contribution is -0.153. The largest absolute Gasteiger partial charge is 0.468 e. The molecule has 1 fully saturated rings. The quantitative estimate of drug-likeness (QED) is 0.523. The topological polar surface area (TPSA) is 47.6 Å². The summed E-state index contributed by atoms with van der Waals surface area (Å²) in [7, 11) is 1.47. The normalized spacial score (nSPS) is 26.0. The van der Waals surface area contributed by atoms with Gasteiger partial charge in [0.05, 0.1) is 13.2 Å². The summed E-state index contributed by atoms with van der Waals surface area (Å²) < 4.78 is 11.1. The molecular weight excluding hydrogens is 266 g/mol. The maximum atomic E-state index is 12.2. The molecule has 1 N–H and O–H groups in total. The van der Waals surface area contributed by atoms with Gasteiger partial charge in [-0.25, -0.2) is 0 Å². The highest BCUT2D eigenvalue weighted by Gasteiger charge is 2.44.